The van der Waals surface area contributed by atoms with Gasteiger partial charge in [0.2, 0.25) is 15.7 Å². The second kappa shape index (κ2) is 7.94. The lowest BCUT2D eigenvalue weighted by atomic mass is 10.0. The fraction of sp³-hybridized carbons (Fsp3) is 0.533. The number of anilines is 1. The number of piperidine rings is 1. The number of hydrogen-bond acceptors (Lipinski definition) is 6. The van der Waals surface area contributed by atoms with Crippen molar-refractivity contribution >= 4 is 27.1 Å². The van der Waals surface area contributed by atoms with Gasteiger partial charge in [-0.2, -0.15) is 8.78 Å². The van der Waals surface area contributed by atoms with E-state index in [9.17, 15) is 32.1 Å². The molecule has 1 amide bonds. The monoisotopic (exact) mass is 391 g/mol. The number of benzene rings is 1. The van der Waals surface area contributed by atoms with Crippen molar-refractivity contribution in [2.45, 2.75) is 42.9 Å². The molecule has 1 aromatic carbocycles. The average molecular weight is 391 g/mol. The van der Waals surface area contributed by atoms with Crippen LogP contribution in [-0.2, 0) is 14.6 Å². The summed E-state index contributed by atoms with van der Waals surface area (Å²) in [5.74, 6) is -3.79. The third-order valence-corrected chi connectivity index (χ3v) is 5.54. The quantitative estimate of drug-likeness (QED) is 0.587. The number of carbonyl (C=O) groups excluding carboxylic acids is 1. The van der Waals surface area contributed by atoms with E-state index in [1.165, 1.54) is 0 Å². The number of rotatable bonds is 6. The first kappa shape index (κ1) is 20.0. The number of nitrogens with zero attached hydrogens (tertiary/aromatic N) is 2. The molecule has 1 unspecified atom stereocenters. The topological polar surface area (TPSA) is 110 Å². The van der Waals surface area contributed by atoms with Gasteiger partial charge in [0, 0.05) is 31.6 Å². The Hall–Kier alpha value is -2.30. The molecule has 11 heteroatoms. The van der Waals surface area contributed by atoms with Gasteiger partial charge in [-0.1, -0.05) is 6.92 Å². The Morgan fingerprint density at radius 2 is 2.15 bits per heavy atom. The highest BCUT2D eigenvalue weighted by Crippen LogP contribution is 2.33. The van der Waals surface area contributed by atoms with Crippen LogP contribution in [0.1, 0.15) is 26.2 Å². The van der Waals surface area contributed by atoms with Crippen molar-refractivity contribution in [2.24, 2.45) is 0 Å². The molecule has 144 valence electrons. The first-order valence-electron chi connectivity index (χ1n) is 8.01. The summed E-state index contributed by atoms with van der Waals surface area (Å²) in [6.45, 7) is 2.50. The van der Waals surface area contributed by atoms with Crippen LogP contribution in [0.15, 0.2) is 23.1 Å². The van der Waals surface area contributed by atoms with Gasteiger partial charge in [-0.05, 0) is 25.0 Å². The van der Waals surface area contributed by atoms with Crippen molar-refractivity contribution in [3.05, 3.63) is 28.3 Å². The number of sulfone groups is 1. The van der Waals surface area contributed by atoms with Crippen molar-refractivity contribution in [1.82, 2.24) is 5.32 Å². The largest absolute Gasteiger partial charge is 0.364 e. The van der Waals surface area contributed by atoms with Crippen LogP contribution in [0.3, 0.4) is 0 Å². The number of nitro groups is 1. The Morgan fingerprint density at radius 1 is 1.46 bits per heavy atom. The third kappa shape index (κ3) is 4.26. The van der Waals surface area contributed by atoms with E-state index in [-0.39, 0.29) is 17.6 Å². The lowest BCUT2D eigenvalue weighted by Crippen LogP contribution is -2.47. The van der Waals surface area contributed by atoms with Gasteiger partial charge in [0.15, 0.2) is 0 Å². The fourth-order valence-electron chi connectivity index (χ4n) is 2.84. The van der Waals surface area contributed by atoms with Gasteiger partial charge in [-0.15, -0.1) is 0 Å². The molecule has 1 fully saturated rings. The molecule has 26 heavy (non-hydrogen) atoms. The number of halogens is 2. The van der Waals surface area contributed by atoms with Gasteiger partial charge < -0.3 is 10.2 Å². The van der Waals surface area contributed by atoms with Gasteiger partial charge in [-0.3, -0.25) is 14.9 Å². The van der Waals surface area contributed by atoms with E-state index in [0.29, 0.717) is 38.4 Å². The van der Waals surface area contributed by atoms with Crippen molar-refractivity contribution in [2.75, 3.05) is 18.0 Å². The summed E-state index contributed by atoms with van der Waals surface area (Å²) in [4.78, 5) is 22.9. The standard InChI is InChI=1S/C15H19F2N3O5S/c1-2-14(21)18-10-4-3-7-19(9-10)12-6-5-11(8-13(12)20(22)23)26(24,25)15(16)17/h5-6,8,10,15H,2-4,7,9H2,1H3,(H,18,21). The Labute approximate surface area is 149 Å². The van der Waals surface area contributed by atoms with E-state index >= 15 is 0 Å². The number of hydrogen-bond donors (Lipinski definition) is 1. The average Bonchev–Trinajstić information content (AvgIpc) is 2.61. The minimum Gasteiger partial charge on any atom is -0.364 e. The minimum absolute atomic E-state index is 0.135. The van der Waals surface area contributed by atoms with Crippen molar-refractivity contribution < 1.29 is 26.9 Å². The maximum Gasteiger partial charge on any atom is 0.341 e. The normalized spacial score (nSPS) is 18.0. The lowest BCUT2D eigenvalue weighted by molar-refractivity contribution is -0.384. The number of alkyl halides is 2. The van der Waals surface area contributed by atoms with E-state index in [0.717, 1.165) is 12.1 Å². The molecule has 0 radical (unpaired) electrons. The SMILES string of the molecule is CCC(=O)NC1CCCN(c2ccc(S(=O)(=O)C(F)F)cc2[N+](=O)[O-])C1. The zero-order valence-electron chi connectivity index (χ0n) is 14.0. The van der Waals surface area contributed by atoms with Gasteiger partial charge in [0.05, 0.1) is 9.82 Å². The molecule has 1 aromatic rings. The molecule has 0 aromatic heterocycles. The molecule has 0 aliphatic carbocycles. The number of nitro benzene ring substituents is 1. The molecule has 1 N–H and O–H groups in total. The number of nitrogens with one attached hydrogen (secondary N) is 1. The van der Waals surface area contributed by atoms with Crippen LogP contribution in [0.5, 0.6) is 0 Å². The maximum absolute atomic E-state index is 12.7. The van der Waals surface area contributed by atoms with Gasteiger partial charge in [0.25, 0.3) is 5.69 Å². The summed E-state index contributed by atoms with van der Waals surface area (Å²) in [6.07, 6.45) is 1.70. The maximum atomic E-state index is 12.7. The molecule has 2 rings (SSSR count). The summed E-state index contributed by atoms with van der Waals surface area (Å²) in [5.41, 5.74) is -0.423. The fourth-order valence-corrected chi connectivity index (χ4v) is 3.58. The lowest BCUT2D eigenvalue weighted by Gasteiger charge is -2.34. The van der Waals surface area contributed by atoms with Gasteiger partial charge in [-0.25, -0.2) is 8.42 Å². The molecule has 1 saturated heterocycles. The summed E-state index contributed by atoms with van der Waals surface area (Å²) < 4.78 is 48.5. The molecule has 1 atom stereocenters. The zero-order chi connectivity index (χ0) is 19.5. The summed E-state index contributed by atoms with van der Waals surface area (Å²) >= 11 is 0. The van der Waals surface area contributed by atoms with Crippen LogP contribution in [0.25, 0.3) is 0 Å². The van der Waals surface area contributed by atoms with Crippen LogP contribution in [0.2, 0.25) is 0 Å². The van der Waals surface area contributed by atoms with Crippen LogP contribution in [0.4, 0.5) is 20.2 Å². The molecule has 1 heterocycles. The molecule has 0 bridgehead atoms. The predicted octanol–water partition coefficient (Wildman–Crippen LogP) is 2.09. The summed E-state index contributed by atoms with van der Waals surface area (Å²) in [7, 11) is -4.92. The van der Waals surface area contributed by atoms with E-state index in [1.54, 1.807) is 11.8 Å². The molecule has 1 aliphatic rings. The second-order valence-corrected chi connectivity index (χ2v) is 7.84. The highest BCUT2D eigenvalue weighted by molar-refractivity contribution is 7.91. The van der Waals surface area contributed by atoms with E-state index in [1.807, 2.05) is 0 Å². The van der Waals surface area contributed by atoms with Crippen LogP contribution in [-0.4, -0.2) is 44.1 Å². The number of carbonyl (C=O) groups is 1. The van der Waals surface area contributed by atoms with E-state index < -0.39 is 31.1 Å². The third-order valence-electron chi connectivity index (χ3n) is 4.15. The summed E-state index contributed by atoms with van der Waals surface area (Å²) in [5, 5.41) is 14.2. The molecular weight excluding hydrogens is 372 g/mol. The highest BCUT2D eigenvalue weighted by Gasteiger charge is 2.31. The molecule has 1 aliphatic heterocycles. The van der Waals surface area contributed by atoms with Gasteiger partial charge >= 0.3 is 5.76 Å². The Kier molecular flexibility index (Phi) is 6.11. The van der Waals surface area contributed by atoms with Crippen molar-refractivity contribution in [3.8, 4) is 0 Å². The zero-order valence-corrected chi connectivity index (χ0v) is 14.8. The summed E-state index contributed by atoms with van der Waals surface area (Å²) in [6, 6.07) is 2.57. The smallest absolute Gasteiger partial charge is 0.341 e. The van der Waals surface area contributed by atoms with E-state index in [2.05, 4.69) is 5.32 Å². The molecule has 0 spiro atoms. The first-order chi connectivity index (χ1) is 12.2. The van der Waals surface area contributed by atoms with Crippen molar-refractivity contribution in [1.29, 1.82) is 0 Å². The second-order valence-electron chi connectivity index (χ2n) is 5.92. The number of amides is 1. The van der Waals surface area contributed by atoms with Gasteiger partial charge in [0.1, 0.15) is 5.69 Å². The predicted molar refractivity (Wildman–Crippen MR) is 90.0 cm³/mol. The van der Waals surface area contributed by atoms with Crippen molar-refractivity contribution in [3.63, 3.8) is 0 Å². The Morgan fingerprint density at radius 3 is 2.73 bits per heavy atom. The Bertz CT molecular complexity index is 800. The Balaban J connectivity index is 2.34. The van der Waals surface area contributed by atoms with E-state index in [4.69, 9.17) is 0 Å². The molecule has 0 saturated carbocycles. The highest BCUT2D eigenvalue weighted by atomic mass is 32.2. The van der Waals surface area contributed by atoms with Crippen LogP contribution in [0, 0.1) is 10.1 Å². The molecular formula is C15H19F2N3O5S. The van der Waals surface area contributed by atoms with Crippen LogP contribution < -0.4 is 10.2 Å². The minimum atomic E-state index is -4.92. The first-order valence-corrected chi connectivity index (χ1v) is 9.56. The van der Waals surface area contributed by atoms with Crippen LogP contribution >= 0.6 is 0 Å². The molecule has 8 nitrogen and oxygen atoms in total.